The fraction of sp³-hybridized carbons (Fsp3) is 0.364. The van der Waals surface area contributed by atoms with Crippen LogP contribution in [0.5, 0.6) is 5.75 Å². The third-order valence-electron chi connectivity index (χ3n) is 5.66. The topological polar surface area (TPSA) is 82.3 Å². The number of sulfone groups is 1. The number of aryl methyl sites for hydroxylation is 1. The standard InChI is InChI=1S/C22H24N2O4S/c1-22(12-6-8-16-7-4-5-9-17(16)22)21-23-20(24-28-21)14-15-10-11-19(29(3,25)26)18(13-15)27-2/h4-5,7,9-11,13H,6,8,12,14H2,1-3H3. The Morgan fingerprint density at radius 1 is 1.21 bits per heavy atom. The Balaban J connectivity index is 1.63. The Labute approximate surface area is 170 Å². The molecule has 4 rings (SSSR count). The van der Waals surface area contributed by atoms with Gasteiger partial charge in [-0.05, 0) is 55.0 Å². The van der Waals surface area contributed by atoms with E-state index < -0.39 is 9.84 Å². The van der Waals surface area contributed by atoms with E-state index in [1.165, 1.54) is 24.5 Å². The van der Waals surface area contributed by atoms with E-state index in [-0.39, 0.29) is 10.3 Å². The lowest BCUT2D eigenvalue weighted by Gasteiger charge is -2.32. The van der Waals surface area contributed by atoms with Crippen molar-refractivity contribution in [2.45, 2.75) is 42.9 Å². The molecule has 7 heteroatoms. The first kappa shape index (κ1) is 19.6. The molecule has 1 heterocycles. The second kappa shape index (κ2) is 7.30. The minimum absolute atomic E-state index is 0.170. The zero-order valence-electron chi connectivity index (χ0n) is 16.8. The molecule has 0 aliphatic heterocycles. The molecule has 29 heavy (non-hydrogen) atoms. The fourth-order valence-electron chi connectivity index (χ4n) is 4.13. The largest absolute Gasteiger partial charge is 0.495 e. The van der Waals surface area contributed by atoms with Gasteiger partial charge in [0, 0.05) is 12.7 Å². The zero-order chi connectivity index (χ0) is 20.6. The van der Waals surface area contributed by atoms with Gasteiger partial charge in [-0.3, -0.25) is 0 Å². The Morgan fingerprint density at radius 2 is 2.00 bits per heavy atom. The molecule has 3 aromatic rings. The second-order valence-corrected chi connectivity index (χ2v) is 9.78. The van der Waals surface area contributed by atoms with Gasteiger partial charge in [-0.2, -0.15) is 4.98 Å². The van der Waals surface area contributed by atoms with Crippen molar-refractivity contribution >= 4 is 9.84 Å². The first-order chi connectivity index (χ1) is 13.8. The van der Waals surface area contributed by atoms with Crippen molar-refractivity contribution in [2.24, 2.45) is 0 Å². The van der Waals surface area contributed by atoms with Crippen LogP contribution in [0.1, 0.15) is 48.2 Å². The molecular formula is C22H24N2O4S. The van der Waals surface area contributed by atoms with Gasteiger partial charge in [0.2, 0.25) is 5.89 Å². The number of nitrogens with zero attached hydrogens (tertiary/aromatic N) is 2. The molecular weight excluding hydrogens is 388 g/mol. The lowest BCUT2D eigenvalue weighted by atomic mass is 9.71. The minimum atomic E-state index is -3.36. The quantitative estimate of drug-likeness (QED) is 0.635. The number of hydrogen-bond donors (Lipinski definition) is 0. The lowest BCUT2D eigenvalue weighted by Crippen LogP contribution is -2.29. The van der Waals surface area contributed by atoms with Crippen molar-refractivity contribution in [1.29, 1.82) is 0 Å². The van der Waals surface area contributed by atoms with Gasteiger partial charge in [-0.25, -0.2) is 8.42 Å². The summed E-state index contributed by atoms with van der Waals surface area (Å²) in [4.78, 5) is 4.86. The maximum absolute atomic E-state index is 11.9. The summed E-state index contributed by atoms with van der Waals surface area (Å²) in [6, 6.07) is 13.5. The number of hydrogen-bond acceptors (Lipinski definition) is 6. The summed E-state index contributed by atoms with van der Waals surface area (Å²) in [6.07, 6.45) is 4.71. The van der Waals surface area contributed by atoms with Gasteiger partial charge in [0.1, 0.15) is 10.6 Å². The van der Waals surface area contributed by atoms with Crippen LogP contribution in [0.15, 0.2) is 51.9 Å². The van der Waals surface area contributed by atoms with Crippen LogP contribution in [0.3, 0.4) is 0 Å². The van der Waals surface area contributed by atoms with E-state index in [0.29, 0.717) is 23.9 Å². The van der Waals surface area contributed by atoms with Crippen LogP contribution in [0.2, 0.25) is 0 Å². The normalized spacial score (nSPS) is 19.0. The van der Waals surface area contributed by atoms with E-state index in [4.69, 9.17) is 9.26 Å². The molecule has 0 N–H and O–H groups in total. The van der Waals surface area contributed by atoms with Gasteiger partial charge in [0.25, 0.3) is 0 Å². The van der Waals surface area contributed by atoms with Crippen LogP contribution in [0.4, 0.5) is 0 Å². The summed E-state index contributed by atoms with van der Waals surface area (Å²) in [5.41, 5.74) is 3.15. The lowest BCUT2D eigenvalue weighted by molar-refractivity contribution is 0.298. The summed E-state index contributed by atoms with van der Waals surface area (Å²) >= 11 is 0. The van der Waals surface area contributed by atoms with Crippen molar-refractivity contribution in [3.63, 3.8) is 0 Å². The van der Waals surface area contributed by atoms with Gasteiger partial charge in [0.05, 0.1) is 12.5 Å². The van der Waals surface area contributed by atoms with Crippen molar-refractivity contribution in [3.05, 3.63) is 70.9 Å². The van der Waals surface area contributed by atoms with Gasteiger partial charge in [-0.1, -0.05) is 35.5 Å². The van der Waals surface area contributed by atoms with E-state index in [2.05, 4.69) is 41.3 Å². The number of ether oxygens (including phenoxy) is 1. The highest BCUT2D eigenvalue weighted by Crippen LogP contribution is 2.41. The third kappa shape index (κ3) is 3.67. The Kier molecular flexibility index (Phi) is 4.94. The van der Waals surface area contributed by atoms with Crippen LogP contribution in [-0.2, 0) is 28.1 Å². The van der Waals surface area contributed by atoms with E-state index in [1.54, 1.807) is 18.2 Å². The smallest absolute Gasteiger partial charge is 0.237 e. The zero-order valence-corrected chi connectivity index (χ0v) is 17.6. The van der Waals surface area contributed by atoms with Crippen molar-refractivity contribution in [1.82, 2.24) is 10.1 Å². The number of methoxy groups -OCH3 is 1. The fourth-order valence-corrected chi connectivity index (χ4v) is 4.95. The van der Waals surface area contributed by atoms with Crippen LogP contribution in [0, 0.1) is 0 Å². The van der Waals surface area contributed by atoms with Crippen molar-refractivity contribution in [2.75, 3.05) is 13.4 Å². The molecule has 0 amide bonds. The molecule has 1 aliphatic carbocycles. The van der Waals surface area contributed by atoms with Crippen LogP contribution in [-0.4, -0.2) is 31.9 Å². The molecule has 0 radical (unpaired) electrons. The Bertz CT molecular complexity index is 1150. The van der Waals surface area contributed by atoms with E-state index >= 15 is 0 Å². The molecule has 0 saturated carbocycles. The highest BCUT2D eigenvalue weighted by atomic mass is 32.2. The summed E-state index contributed by atoms with van der Waals surface area (Å²) in [5.74, 6) is 1.51. The molecule has 0 spiro atoms. The predicted molar refractivity (Wildman–Crippen MR) is 109 cm³/mol. The molecule has 6 nitrogen and oxygen atoms in total. The third-order valence-corrected chi connectivity index (χ3v) is 6.80. The molecule has 0 fully saturated rings. The van der Waals surface area contributed by atoms with E-state index in [1.807, 2.05) is 0 Å². The molecule has 1 aromatic heterocycles. The summed E-state index contributed by atoms with van der Waals surface area (Å²) in [6.45, 7) is 2.16. The molecule has 0 saturated heterocycles. The molecule has 152 valence electrons. The maximum Gasteiger partial charge on any atom is 0.237 e. The van der Waals surface area contributed by atoms with E-state index in [9.17, 15) is 8.42 Å². The van der Waals surface area contributed by atoms with E-state index in [0.717, 1.165) is 24.8 Å². The summed E-state index contributed by atoms with van der Waals surface area (Å²) in [7, 11) is -1.90. The average molecular weight is 413 g/mol. The highest BCUT2D eigenvalue weighted by Gasteiger charge is 2.38. The van der Waals surface area contributed by atoms with Crippen molar-refractivity contribution < 1.29 is 17.7 Å². The number of aromatic nitrogens is 2. The minimum Gasteiger partial charge on any atom is -0.495 e. The number of rotatable bonds is 5. The second-order valence-electron chi connectivity index (χ2n) is 7.79. The van der Waals surface area contributed by atoms with Gasteiger partial charge >= 0.3 is 0 Å². The molecule has 1 unspecified atom stereocenters. The van der Waals surface area contributed by atoms with Crippen LogP contribution >= 0.6 is 0 Å². The summed E-state index contributed by atoms with van der Waals surface area (Å²) in [5, 5.41) is 4.19. The molecule has 0 bridgehead atoms. The van der Waals surface area contributed by atoms with Gasteiger partial charge < -0.3 is 9.26 Å². The SMILES string of the molecule is COc1cc(Cc2noc(C3(C)CCCc4ccccc43)n2)ccc1S(C)(=O)=O. The molecule has 1 atom stereocenters. The molecule has 2 aromatic carbocycles. The maximum atomic E-state index is 11.9. The average Bonchev–Trinajstić information content (AvgIpc) is 3.16. The Hall–Kier alpha value is -2.67. The highest BCUT2D eigenvalue weighted by molar-refractivity contribution is 7.90. The number of fused-ring (bicyclic) bond motifs is 1. The van der Waals surface area contributed by atoms with Crippen LogP contribution in [0.25, 0.3) is 0 Å². The molecule has 1 aliphatic rings. The van der Waals surface area contributed by atoms with Crippen LogP contribution < -0.4 is 4.74 Å². The van der Waals surface area contributed by atoms with Gasteiger partial charge in [-0.15, -0.1) is 0 Å². The monoisotopic (exact) mass is 412 g/mol. The van der Waals surface area contributed by atoms with Gasteiger partial charge in [0.15, 0.2) is 15.7 Å². The number of benzene rings is 2. The van der Waals surface area contributed by atoms with Crippen molar-refractivity contribution in [3.8, 4) is 5.75 Å². The Morgan fingerprint density at radius 3 is 2.76 bits per heavy atom. The first-order valence-corrected chi connectivity index (χ1v) is 11.5. The first-order valence-electron chi connectivity index (χ1n) is 9.60. The summed E-state index contributed by atoms with van der Waals surface area (Å²) < 4.78 is 34.7. The predicted octanol–water partition coefficient (Wildman–Crippen LogP) is 3.71.